The minimum Gasteiger partial charge on any atom is -0.461 e. The molecule has 0 aliphatic carbocycles. The monoisotopic (exact) mass is 214 g/mol. The van der Waals surface area contributed by atoms with Crippen molar-refractivity contribution in [1.29, 1.82) is 0 Å². The average Bonchev–Trinajstić information content (AvgIpc) is 2.11. The minimum absolute atomic E-state index is 0.187. The Kier molecular flexibility index (Phi) is 6.25. The van der Waals surface area contributed by atoms with Gasteiger partial charge in [-0.05, 0) is 19.8 Å². The number of aliphatic hydroxyl groups excluding tert-OH is 1. The molecule has 0 spiro atoms. The van der Waals surface area contributed by atoms with E-state index in [0.717, 1.165) is 0 Å². The summed E-state index contributed by atoms with van der Waals surface area (Å²) in [7, 11) is 0. The van der Waals surface area contributed by atoms with Crippen LogP contribution in [-0.2, 0) is 9.53 Å². The number of hydrogen-bond donors (Lipinski definition) is 1. The molecule has 0 bridgehead atoms. The maximum atomic E-state index is 11.3. The van der Waals surface area contributed by atoms with Crippen LogP contribution in [0.25, 0.3) is 0 Å². The second kappa shape index (κ2) is 6.62. The van der Waals surface area contributed by atoms with Crippen molar-refractivity contribution in [2.24, 2.45) is 11.8 Å². The summed E-state index contributed by atoms with van der Waals surface area (Å²) in [5.41, 5.74) is 0. The molecular weight excluding hydrogens is 192 g/mol. The fourth-order valence-electron chi connectivity index (χ4n) is 1.02. The molecule has 2 atom stereocenters. The van der Waals surface area contributed by atoms with Crippen molar-refractivity contribution in [3.63, 3.8) is 0 Å². The van der Waals surface area contributed by atoms with Gasteiger partial charge < -0.3 is 9.84 Å². The van der Waals surface area contributed by atoms with Crippen LogP contribution in [0.5, 0.6) is 0 Å². The number of carbonyl (C=O) groups is 1. The fourth-order valence-corrected chi connectivity index (χ4v) is 1.02. The van der Waals surface area contributed by atoms with Crippen LogP contribution in [0.2, 0.25) is 0 Å². The molecule has 0 saturated heterocycles. The maximum absolute atomic E-state index is 11.3. The van der Waals surface area contributed by atoms with Gasteiger partial charge >= 0.3 is 5.97 Å². The van der Waals surface area contributed by atoms with E-state index in [0.29, 0.717) is 5.92 Å². The first kappa shape index (κ1) is 14.2. The molecule has 0 saturated carbocycles. The van der Waals surface area contributed by atoms with Crippen molar-refractivity contribution in [3.8, 4) is 0 Å². The first-order chi connectivity index (χ1) is 6.84. The zero-order valence-corrected chi connectivity index (χ0v) is 10.2. The van der Waals surface area contributed by atoms with E-state index >= 15 is 0 Å². The molecule has 88 valence electrons. The summed E-state index contributed by atoms with van der Waals surface area (Å²) in [6, 6.07) is 0. The Hall–Kier alpha value is -0.830. The van der Waals surface area contributed by atoms with E-state index in [4.69, 9.17) is 4.74 Å². The molecule has 0 rings (SSSR count). The highest BCUT2D eigenvalue weighted by Gasteiger charge is 2.22. The lowest BCUT2D eigenvalue weighted by atomic mass is 10.0. The number of carbonyl (C=O) groups excluding carboxylic acids is 1. The molecule has 0 aromatic carbocycles. The van der Waals surface area contributed by atoms with Gasteiger partial charge in [0.2, 0.25) is 0 Å². The van der Waals surface area contributed by atoms with Crippen molar-refractivity contribution in [1.82, 2.24) is 0 Å². The van der Waals surface area contributed by atoms with Gasteiger partial charge in [0.25, 0.3) is 0 Å². The largest absolute Gasteiger partial charge is 0.461 e. The molecule has 3 nitrogen and oxygen atoms in total. The summed E-state index contributed by atoms with van der Waals surface area (Å²) in [4.78, 5) is 11.3. The molecule has 0 radical (unpaired) electrons. The minimum atomic E-state index is -1.07. The van der Waals surface area contributed by atoms with Crippen molar-refractivity contribution < 1.29 is 14.6 Å². The van der Waals surface area contributed by atoms with Crippen LogP contribution in [0, 0.1) is 11.8 Å². The van der Waals surface area contributed by atoms with Gasteiger partial charge in [-0.3, -0.25) is 0 Å². The second-order valence-corrected chi connectivity index (χ2v) is 4.42. The Morgan fingerprint density at radius 2 is 1.67 bits per heavy atom. The average molecular weight is 214 g/mol. The van der Waals surface area contributed by atoms with Crippen LogP contribution in [0.15, 0.2) is 12.2 Å². The van der Waals surface area contributed by atoms with E-state index in [-0.39, 0.29) is 12.0 Å². The summed E-state index contributed by atoms with van der Waals surface area (Å²) in [6.07, 6.45) is 2.56. The standard InChI is InChI=1S/C12H22O3/c1-8(2)6-7-10(5)11(13)12(14)15-9(3)4/h6-11,13H,1-5H3/b7-6-/t10-,11-/m1/s1. The number of aliphatic hydroxyl groups is 1. The van der Waals surface area contributed by atoms with E-state index in [1.165, 1.54) is 0 Å². The van der Waals surface area contributed by atoms with Crippen molar-refractivity contribution in [2.45, 2.75) is 46.8 Å². The van der Waals surface area contributed by atoms with Crippen LogP contribution in [-0.4, -0.2) is 23.3 Å². The second-order valence-electron chi connectivity index (χ2n) is 4.42. The van der Waals surface area contributed by atoms with Crippen molar-refractivity contribution in [2.75, 3.05) is 0 Å². The van der Waals surface area contributed by atoms with Gasteiger partial charge in [0.05, 0.1) is 6.10 Å². The first-order valence-corrected chi connectivity index (χ1v) is 5.41. The lowest BCUT2D eigenvalue weighted by molar-refractivity contribution is -0.159. The zero-order valence-electron chi connectivity index (χ0n) is 10.2. The molecule has 0 aliphatic heterocycles. The molecule has 15 heavy (non-hydrogen) atoms. The Morgan fingerprint density at radius 1 is 1.13 bits per heavy atom. The summed E-state index contributed by atoms with van der Waals surface area (Å²) in [5, 5.41) is 9.62. The molecule has 0 fully saturated rings. The van der Waals surface area contributed by atoms with Gasteiger partial charge in [-0.1, -0.05) is 32.9 Å². The van der Waals surface area contributed by atoms with Gasteiger partial charge in [0.1, 0.15) is 0 Å². The first-order valence-electron chi connectivity index (χ1n) is 5.41. The highest BCUT2D eigenvalue weighted by molar-refractivity contribution is 5.75. The van der Waals surface area contributed by atoms with Crippen LogP contribution in [0.3, 0.4) is 0 Å². The predicted molar refractivity (Wildman–Crippen MR) is 60.4 cm³/mol. The molecule has 0 heterocycles. The molecule has 0 aliphatic rings. The normalized spacial score (nSPS) is 16.0. The molecular formula is C12H22O3. The summed E-state index contributed by atoms with van der Waals surface area (Å²) >= 11 is 0. The van der Waals surface area contributed by atoms with Gasteiger partial charge in [0.15, 0.2) is 6.10 Å². The van der Waals surface area contributed by atoms with Crippen LogP contribution >= 0.6 is 0 Å². The van der Waals surface area contributed by atoms with Crippen molar-refractivity contribution in [3.05, 3.63) is 12.2 Å². The Bertz CT molecular complexity index is 219. The lowest BCUT2D eigenvalue weighted by Crippen LogP contribution is -2.30. The summed E-state index contributed by atoms with van der Waals surface area (Å²) < 4.78 is 4.92. The summed E-state index contributed by atoms with van der Waals surface area (Å²) in [6.45, 7) is 9.41. The van der Waals surface area contributed by atoms with E-state index < -0.39 is 12.1 Å². The third kappa shape index (κ3) is 6.28. The lowest BCUT2D eigenvalue weighted by Gasteiger charge is -2.16. The van der Waals surface area contributed by atoms with Crippen LogP contribution in [0.1, 0.15) is 34.6 Å². The third-order valence-corrected chi connectivity index (χ3v) is 1.89. The Balaban J connectivity index is 4.19. The quantitative estimate of drug-likeness (QED) is 0.563. The van der Waals surface area contributed by atoms with E-state index in [1.807, 2.05) is 26.0 Å². The van der Waals surface area contributed by atoms with Crippen LogP contribution in [0.4, 0.5) is 0 Å². The predicted octanol–water partition coefficient (Wildman–Crippen LogP) is 2.15. The van der Waals surface area contributed by atoms with Gasteiger partial charge in [-0.2, -0.15) is 0 Å². The highest BCUT2D eigenvalue weighted by atomic mass is 16.6. The van der Waals surface area contributed by atoms with E-state index in [1.54, 1.807) is 20.8 Å². The Morgan fingerprint density at radius 3 is 2.07 bits per heavy atom. The van der Waals surface area contributed by atoms with Gasteiger partial charge in [-0.25, -0.2) is 4.79 Å². The molecule has 0 unspecified atom stereocenters. The van der Waals surface area contributed by atoms with Crippen LogP contribution < -0.4 is 0 Å². The Labute approximate surface area is 92.1 Å². The van der Waals surface area contributed by atoms with E-state index in [2.05, 4.69) is 0 Å². The topological polar surface area (TPSA) is 46.5 Å². The molecule has 0 aromatic heterocycles. The van der Waals surface area contributed by atoms with Crippen molar-refractivity contribution >= 4 is 5.97 Å². The number of rotatable bonds is 5. The SMILES string of the molecule is CC(C)/C=C\[C@@H](C)[C@@H](O)C(=O)OC(C)C. The molecule has 0 aromatic rings. The molecule has 3 heteroatoms. The number of esters is 1. The third-order valence-electron chi connectivity index (χ3n) is 1.89. The summed E-state index contributed by atoms with van der Waals surface area (Å²) in [5.74, 6) is -0.342. The van der Waals surface area contributed by atoms with Gasteiger partial charge in [-0.15, -0.1) is 0 Å². The highest BCUT2D eigenvalue weighted by Crippen LogP contribution is 2.09. The van der Waals surface area contributed by atoms with E-state index in [9.17, 15) is 9.90 Å². The zero-order chi connectivity index (χ0) is 12.0. The molecule has 1 N–H and O–H groups in total. The molecule has 0 amide bonds. The number of hydrogen-bond acceptors (Lipinski definition) is 3. The number of ether oxygens (including phenoxy) is 1. The maximum Gasteiger partial charge on any atom is 0.335 e. The fraction of sp³-hybridized carbons (Fsp3) is 0.750. The smallest absolute Gasteiger partial charge is 0.335 e. The number of allylic oxidation sites excluding steroid dienone is 1. The van der Waals surface area contributed by atoms with Gasteiger partial charge in [0, 0.05) is 5.92 Å².